The summed E-state index contributed by atoms with van der Waals surface area (Å²) in [6.45, 7) is 23.1. The van der Waals surface area contributed by atoms with Crippen LogP contribution in [0.25, 0.3) is 22.2 Å². The molecule has 0 aliphatic carbocycles. The number of piperazine rings is 1. The van der Waals surface area contributed by atoms with Gasteiger partial charge in [-0.2, -0.15) is 15.2 Å². The number of carbonyl (C=O) groups excluding carboxylic acids is 7. The van der Waals surface area contributed by atoms with Crippen molar-refractivity contribution in [1.29, 1.82) is 0 Å². The van der Waals surface area contributed by atoms with Gasteiger partial charge < -0.3 is 82.9 Å². The molecule has 0 radical (unpaired) electrons. The van der Waals surface area contributed by atoms with E-state index in [1.165, 1.54) is 6.07 Å². The Morgan fingerprint density at radius 3 is 1.43 bits per heavy atom. The number of hydrogen-bond donors (Lipinski definition) is 5. The van der Waals surface area contributed by atoms with Crippen LogP contribution in [0.15, 0.2) is 48.6 Å². The van der Waals surface area contributed by atoms with E-state index in [2.05, 4.69) is 45.9 Å². The molecule has 103 heavy (non-hydrogen) atoms. The number of primary amides is 2. The molecular weight excluding hydrogens is 1340 g/mol. The number of nitrogens with two attached hydrogens (primary N) is 2. The maximum Gasteiger partial charge on any atom is 0.276 e. The van der Waals surface area contributed by atoms with Crippen LogP contribution in [0.1, 0.15) is 86.3 Å². The summed E-state index contributed by atoms with van der Waals surface area (Å²) in [5, 5.41) is 17.4. The van der Waals surface area contributed by atoms with Crippen LogP contribution in [0, 0.1) is 13.8 Å². The summed E-state index contributed by atoms with van der Waals surface area (Å²) in [5.41, 5.74) is 15.5. The number of nitrogens with one attached hydrogen (secondary N) is 3. The van der Waals surface area contributed by atoms with E-state index in [9.17, 15) is 33.6 Å². The highest BCUT2D eigenvalue weighted by atomic mass is 16.6. The fraction of sp³-hybridized carbons (Fsp3) is 0.588. The standard InChI is InChI=1S/C68H99N17O18/c1-5-84-55(44-49(3)77-84)65(91)75-67-73-53-46-51(62(69)89)47-57(61(53)82(67)17-8-7-16-81-54-11-10-52(63(70)90)72-64(54)74-68(81)76-66(92)56-45-50(4)78-85(56)6-2)103-23-9-15-79-18-20-80(21-19-79)22-25-94-27-29-96-31-33-98-35-37-100-39-41-102-43-42-101-40-38-99-36-34-97-32-30-95-28-26-93-24-14-71-58(86)48-83-59(87)12-13-60(83)88/h10-13,44-47H,5-9,14-43,48H2,1-4H3,(H2,69,89)(H2,70,90)(H,71,86)(H,73,75,91)(H,72,74,76,92). The van der Waals surface area contributed by atoms with E-state index in [4.69, 9.17) is 68.6 Å². The van der Waals surface area contributed by atoms with Gasteiger partial charge in [0.05, 0.1) is 161 Å². The Balaban J connectivity index is 0.644. The van der Waals surface area contributed by atoms with Gasteiger partial charge in [-0.25, -0.2) is 9.97 Å². The molecule has 8 rings (SSSR count). The molecule has 0 unspecified atom stereocenters. The number of nitrogens with zero attached hydrogens (tertiary/aromatic N) is 12. The number of aryl methyl sites for hydroxylation is 6. The van der Waals surface area contributed by atoms with Crippen molar-refractivity contribution in [2.24, 2.45) is 11.5 Å². The average Bonchev–Trinajstić information content (AvgIpc) is 1.64. The number of aromatic nitrogens is 9. The van der Waals surface area contributed by atoms with E-state index in [0.29, 0.717) is 223 Å². The molecule has 7 heterocycles. The molecule has 2 aliphatic heterocycles. The summed E-state index contributed by atoms with van der Waals surface area (Å²) in [6.07, 6.45) is 4.01. The predicted octanol–water partition coefficient (Wildman–Crippen LogP) is 1.61. The molecule has 1 aromatic carbocycles. The normalized spacial score (nSPS) is 13.5. The lowest BCUT2D eigenvalue weighted by atomic mass is 10.1. The van der Waals surface area contributed by atoms with Crippen molar-refractivity contribution < 1.29 is 85.7 Å². The Morgan fingerprint density at radius 1 is 0.495 bits per heavy atom. The largest absolute Gasteiger partial charge is 0.491 e. The van der Waals surface area contributed by atoms with Gasteiger partial charge in [-0.3, -0.25) is 63.4 Å². The number of imide groups is 1. The van der Waals surface area contributed by atoms with Crippen molar-refractivity contribution in [3.63, 3.8) is 0 Å². The summed E-state index contributed by atoms with van der Waals surface area (Å²) in [5.74, 6) is -2.81. The third-order valence-electron chi connectivity index (χ3n) is 16.3. The van der Waals surface area contributed by atoms with E-state index in [-0.39, 0.29) is 48.5 Å². The third-order valence-corrected chi connectivity index (χ3v) is 16.3. The number of hydrogen-bond acceptors (Lipinski definition) is 25. The van der Waals surface area contributed by atoms with Crippen molar-refractivity contribution >= 4 is 75.4 Å². The van der Waals surface area contributed by atoms with Crippen molar-refractivity contribution in [2.75, 3.05) is 202 Å². The first-order valence-corrected chi connectivity index (χ1v) is 35.0. The molecule has 2 aliphatic rings. The van der Waals surface area contributed by atoms with Crippen LogP contribution in [0.4, 0.5) is 11.9 Å². The molecule has 7 N–H and O–H groups in total. The summed E-state index contributed by atoms with van der Waals surface area (Å²) in [7, 11) is 0. The van der Waals surface area contributed by atoms with Gasteiger partial charge in [0.1, 0.15) is 34.9 Å². The van der Waals surface area contributed by atoms with E-state index >= 15 is 0 Å². The van der Waals surface area contributed by atoms with Gasteiger partial charge >= 0.3 is 0 Å². The summed E-state index contributed by atoms with van der Waals surface area (Å²) < 4.78 is 69.2. The van der Waals surface area contributed by atoms with Crippen LogP contribution in [-0.4, -0.2) is 291 Å². The number of unbranched alkanes of at least 4 members (excludes halogenated alkanes) is 1. The molecule has 1 saturated heterocycles. The van der Waals surface area contributed by atoms with Gasteiger partial charge in [0.15, 0.2) is 5.65 Å². The number of ether oxygens (including phenoxy) is 11. The molecule has 0 saturated carbocycles. The minimum Gasteiger partial charge on any atom is -0.491 e. The second-order valence-corrected chi connectivity index (χ2v) is 23.8. The molecule has 0 bridgehead atoms. The van der Waals surface area contributed by atoms with Gasteiger partial charge in [0.2, 0.25) is 23.7 Å². The molecule has 7 amide bonds. The number of pyridine rings is 1. The molecule has 0 spiro atoms. The van der Waals surface area contributed by atoms with E-state index in [0.717, 1.165) is 56.3 Å². The molecular formula is C68H99N17O18. The molecule has 0 atom stereocenters. The fourth-order valence-corrected chi connectivity index (χ4v) is 11.1. The quantitative estimate of drug-likeness (QED) is 0.0267. The SMILES string of the molecule is CCn1nc(C)cc1C(=O)Nc1nc2nc(C(N)=O)ccc2n1CCCCn1c(NC(=O)c2cc(C)nn2CC)nc2cc(C(N)=O)cc(OCCCN3CCN(CCOCCOCCOCCOCCOCCOCCOCCOCCOCCOCCNC(=O)CN4C(=O)C=CC4=O)CC3)c21. The second-order valence-electron chi connectivity index (χ2n) is 23.8. The van der Waals surface area contributed by atoms with Gasteiger partial charge in [0.25, 0.3) is 29.5 Å². The smallest absolute Gasteiger partial charge is 0.276 e. The first-order valence-electron chi connectivity index (χ1n) is 35.0. The Morgan fingerprint density at radius 2 is 0.951 bits per heavy atom. The summed E-state index contributed by atoms with van der Waals surface area (Å²) in [6, 6.07) is 9.83. The van der Waals surface area contributed by atoms with Gasteiger partial charge in [-0.05, 0) is 83.4 Å². The zero-order chi connectivity index (χ0) is 73.1. The Bertz CT molecular complexity index is 3710. The number of anilines is 2. The third kappa shape index (κ3) is 25.9. The van der Waals surface area contributed by atoms with Gasteiger partial charge in [-0.15, -0.1) is 0 Å². The van der Waals surface area contributed by atoms with Crippen LogP contribution in [0.3, 0.4) is 0 Å². The van der Waals surface area contributed by atoms with Crippen LogP contribution in [0.5, 0.6) is 5.75 Å². The topological polar surface area (TPSA) is 403 Å². The zero-order valence-electron chi connectivity index (χ0n) is 59.4. The number of fused-ring (bicyclic) bond motifs is 2. The molecule has 6 aromatic rings. The number of imidazole rings is 2. The first kappa shape index (κ1) is 80.0. The Labute approximate surface area is 597 Å². The van der Waals surface area contributed by atoms with Crippen molar-refractivity contribution in [3.8, 4) is 5.75 Å². The molecule has 1 fully saturated rings. The number of benzene rings is 1. The fourth-order valence-electron chi connectivity index (χ4n) is 11.1. The molecule has 35 heteroatoms. The van der Waals surface area contributed by atoms with E-state index in [1.54, 1.807) is 39.7 Å². The highest BCUT2D eigenvalue weighted by molar-refractivity contribution is 6.14. The Hall–Kier alpha value is -8.72. The maximum atomic E-state index is 14.0. The maximum absolute atomic E-state index is 14.0. The van der Waals surface area contributed by atoms with E-state index in [1.807, 2.05) is 36.8 Å². The minimum atomic E-state index is -0.716. The van der Waals surface area contributed by atoms with Crippen LogP contribution in [0.2, 0.25) is 0 Å². The van der Waals surface area contributed by atoms with E-state index < -0.39 is 41.4 Å². The van der Waals surface area contributed by atoms with Crippen LogP contribution < -0.4 is 32.2 Å². The lowest BCUT2D eigenvalue weighted by molar-refractivity contribution is -0.141. The van der Waals surface area contributed by atoms with Gasteiger partial charge in [0, 0.05) is 89.7 Å². The number of rotatable bonds is 53. The average molecular weight is 1440 g/mol. The highest BCUT2D eigenvalue weighted by Gasteiger charge is 2.27. The second kappa shape index (κ2) is 43.4. The van der Waals surface area contributed by atoms with Crippen molar-refractivity contribution in [1.82, 2.24) is 63.7 Å². The Kier molecular flexibility index (Phi) is 33.7. The monoisotopic (exact) mass is 1440 g/mol. The van der Waals surface area contributed by atoms with Crippen molar-refractivity contribution in [3.05, 3.63) is 82.6 Å². The molecule has 35 nitrogen and oxygen atoms in total. The minimum absolute atomic E-state index is 0.0288. The van der Waals surface area contributed by atoms with Crippen LogP contribution in [-0.2, 0) is 87.9 Å². The lowest BCUT2D eigenvalue weighted by Gasteiger charge is -2.34. The number of carbonyl (C=O) groups is 7. The molecule has 564 valence electrons. The van der Waals surface area contributed by atoms with Crippen LogP contribution >= 0.6 is 0 Å². The van der Waals surface area contributed by atoms with Crippen molar-refractivity contribution in [2.45, 2.75) is 73.1 Å². The lowest BCUT2D eigenvalue weighted by Crippen LogP contribution is -2.47. The predicted molar refractivity (Wildman–Crippen MR) is 375 cm³/mol. The summed E-state index contributed by atoms with van der Waals surface area (Å²) >= 11 is 0. The zero-order valence-corrected chi connectivity index (χ0v) is 59.4. The van der Waals surface area contributed by atoms with Gasteiger partial charge in [-0.1, -0.05) is 0 Å². The highest BCUT2D eigenvalue weighted by Crippen LogP contribution is 2.32. The number of amides is 7. The molecule has 5 aromatic heterocycles. The summed E-state index contributed by atoms with van der Waals surface area (Å²) in [4.78, 5) is 107. The first-order chi connectivity index (χ1) is 50.1.